The van der Waals surface area contributed by atoms with Crippen LogP contribution in [0.15, 0.2) is 36.4 Å². The Labute approximate surface area is 176 Å². The molecule has 7 heteroatoms. The van der Waals surface area contributed by atoms with Gasteiger partial charge in [0.25, 0.3) is 0 Å². The number of nitrogens with zero attached hydrogens (tertiary/aromatic N) is 3. The fourth-order valence-corrected chi connectivity index (χ4v) is 3.88. The third-order valence-electron chi connectivity index (χ3n) is 5.35. The molecule has 0 radical (unpaired) electrons. The summed E-state index contributed by atoms with van der Waals surface area (Å²) in [5.74, 6) is 1.24. The van der Waals surface area contributed by atoms with E-state index >= 15 is 0 Å². The Morgan fingerprint density at radius 2 is 1.97 bits per heavy atom. The number of nitrogens with one attached hydrogen (secondary N) is 1. The fraction of sp³-hybridized carbons (Fsp3) is 0.409. The Kier molecular flexibility index (Phi) is 6.52. The number of fused-ring (bicyclic) bond motifs is 1. The normalized spacial score (nSPS) is 16.4. The molecule has 2 aliphatic rings. The highest BCUT2D eigenvalue weighted by molar-refractivity contribution is 6.31. The van der Waals surface area contributed by atoms with Crippen LogP contribution in [-0.4, -0.2) is 55.8 Å². The van der Waals surface area contributed by atoms with Crippen molar-refractivity contribution in [2.24, 2.45) is 0 Å². The van der Waals surface area contributed by atoms with Crippen LogP contribution in [-0.2, 0) is 0 Å². The molecule has 154 valence electrons. The Morgan fingerprint density at radius 1 is 1.10 bits per heavy atom. The predicted octanol–water partition coefficient (Wildman–Crippen LogP) is 4.29. The lowest BCUT2D eigenvalue weighted by Crippen LogP contribution is -2.47. The van der Waals surface area contributed by atoms with Crippen molar-refractivity contribution in [3.63, 3.8) is 0 Å². The first-order valence-corrected chi connectivity index (χ1v) is 10.5. The van der Waals surface area contributed by atoms with E-state index in [0.29, 0.717) is 18.2 Å². The Morgan fingerprint density at radius 3 is 2.83 bits per heavy atom. The zero-order valence-electron chi connectivity index (χ0n) is 16.4. The van der Waals surface area contributed by atoms with Crippen LogP contribution < -0.4 is 15.0 Å². The number of halogens is 2. The molecule has 2 aliphatic heterocycles. The Balaban J connectivity index is 1.15. The molecule has 1 saturated heterocycles. The van der Waals surface area contributed by atoms with Gasteiger partial charge in [0, 0.05) is 44.4 Å². The van der Waals surface area contributed by atoms with E-state index in [9.17, 15) is 4.39 Å². The molecule has 5 nitrogen and oxygen atoms in total. The van der Waals surface area contributed by atoms with Crippen molar-refractivity contribution in [1.82, 2.24) is 9.88 Å². The van der Waals surface area contributed by atoms with Crippen molar-refractivity contribution in [3.8, 4) is 5.88 Å². The van der Waals surface area contributed by atoms with E-state index in [1.54, 1.807) is 18.2 Å². The fourth-order valence-electron chi connectivity index (χ4n) is 3.71. The number of anilines is 2. The van der Waals surface area contributed by atoms with E-state index in [-0.39, 0.29) is 10.8 Å². The van der Waals surface area contributed by atoms with Gasteiger partial charge in [-0.05, 0) is 37.6 Å². The van der Waals surface area contributed by atoms with E-state index in [2.05, 4.69) is 32.3 Å². The van der Waals surface area contributed by atoms with Crippen LogP contribution in [0.3, 0.4) is 0 Å². The summed E-state index contributed by atoms with van der Waals surface area (Å²) in [5.41, 5.74) is 1.70. The Hall–Kier alpha value is -2.31. The highest BCUT2D eigenvalue weighted by Crippen LogP contribution is 2.26. The van der Waals surface area contributed by atoms with Crippen LogP contribution in [0.2, 0.25) is 5.02 Å². The largest absolute Gasteiger partial charge is 0.478 e. The molecule has 0 saturated carbocycles. The number of rotatable bonds is 7. The highest BCUT2D eigenvalue weighted by atomic mass is 35.5. The van der Waals surface area contributed by atoms with Crippen molar-refractivity contribution in [2.45, 2.75) is 12.8 Å². The molecule has 0 atom stereocenters. The van der Waals surface area contributed by atoms with Crippen LogP contribution in [0.1, 0.15) is 18.4 Å². The van der Waals surface area contributed by atoms with Crippen LogP contribution in [0.5, 0.6) is 5.88 Å². The Bertz CT molecular complexity index is 868. The van der Waals surface area contributed by atoms with Crippen LogP contribution in [0.25, 0.3) is 6.08 Å². The lowest BCUT2D eigenvalue weighted by molar-refractivity contribution is 0.236. The molecular weight excluding hydrogens is 391 g/mol. The second-order valence-corrected chi connectivity index (χ2v) is 7.73. The number of pyridine rings is 1. The van der Waals surface area contributed by atoms with Gasteiger partial charge in [-0.15, -0.1) is 0 Å². The summed E-state index contributed by atoms with van der Waals surface area (Å²) >= 11 is 5.90. The minimum atomic E-state index is -0.318. The summed E-state index contributed by atoms with van der Waals surface area (Å²) in [5, 5.41) is 3.44. The quantitative estimate of drug-likeness (QED) is 0.682. The second-order valence-electron chi connectivity index (χ2n) is 7.33. The maximum Gasteiger partial charge on any atom is 0.215 e. The molecule has 0 unspecified atom stereocenters. The zero-order valence-corrected chi connectivity index (χ0v) is 17.2. The van der Waals surface area contributed by atoms with Gasteiger partial charge in [-0.2, -0.15) is 4.98 Å². The van der Waals surface area contributed by atoms with Crippen LogP contribution in [0.4, 0.5) is 15.9 Å². The van der Waals surface area contributed by atoms with Gasteiger partial charge in [-0.3, -0.25) is 4.90 Å². The third kappa shape index (κ3) is 5.00. The van der Waals surface area contributed by atoms with Gasteiger partial charge in [0.15, 0.2) is 5.82 Å². The zero-order chi connectivity index (χ0) is 20.1. The molecular formula is C22H26ClFN4O. The summed E-state index contributed by atoms with van der Waals surface area (Å²) in [6, 6.07) is 9.14. The predicted molar refractivity (Wildman–Crippen MR) is 117 cm³/mol. The molecule has 0 aliphatic carbocycles. The minimum Gasteiger partial charge on any atom is -0.478 e. The van der Waals surface area contributed by atoms with Gasteiger partial charge in [-0.25, -0.2) is 4.39 Å². The van der Waals surface area contributed by atoms with E-state index in [1.807, 2.05) is 12.1 Å². The van der Waals surface area contributed by atoms with E-state index in [4.69, 9.17) is 16.3 Å². The third-order valence-corrected chi connectivity index (χ3v) is 5.64. The summed E-state index contributed by atoms with van der Waals surface area (Å²) in [6.07, 6.45) is 6.20. The van der Waals surface area contributed by atoms with Gasteiger partial charge in [0.05, 0.1) is 17.3 Å². The minimum absolute atomic E-state index is 0.186. The average Bonchev–Trinajstić information content (AvgIpc) is 2.76. The van der Waals surface area contributed by atoms with E-state index in [1.165, 1.54) is 0 Å². The SMILES string of the molecule is Fc1c(Cl)cccc1N1CCN(CCCCOc2ccc3c(n2)NCC=C3)CC1. The van der Waals surface area contributed by atoms with Gasteiger partial charge < -0.3 is 15.0 Å². The summed E-state index contributed by atoms with van der Waals surface area (Å²) in [6.45, 7) is 5.98. The number of piperazine rings is 1. The number of aromatic nitrogens is 1. The summed E-state index contributed by atoms with van der Waals surface area (Å²) < 4.78 is 20.0. The number of unbranched alkanes of at least 4 members (excludes halogenated alkanes) is 1. The number of hydrogen-bond donors (Lipinski definition) is 1. The van der Waals surface area contributed by atoms with Crippen molar-refractivity contribution >= 4 is 29.2 Å². The molecule has 1 aromatic heterocycles. The van der Waals surface area contributed by atoms with Gasteiger partial charge in [0.2, 0.25) is 5.88 Å². The summed E-state index contributed by atoms with van der Waals surface area (Å²) in [4.78, 5) is 9.01. The number of benzene rings is 1. The van der Waals surface area contributed by atoms with Crippen LogP contribution in [0, 0.1) is 5.82 Å². The number of ether oxygens (including phenoxy) is 1. The molecule has 29 heavy (non-hydrogen) atoms. The smallest absolute Gasteiger partial charge is 0.215 e. The lowest BCUT2D eigenvalue weighted by Gasteiger charge is -2.36. The summed E-state index contributed by atoms with van der Waals surface area (Å²) in [7, 11) is 0. The molecule has 3 heterocycles. The molecule has 0 amide bonds. The molecule has 1 aromatic carbocycles. The highest BCUT2D eigenvalue weighted by Gasteiger charge is 2.20. The molecule has 0 bridgehead atoms. The topological polar surface area (TPSA) is 40.6 Å². The van der Waals surface area contributed by atoms with E-state index in [0.717, 1.165) is 63.5 Å². The van der Waals surface area contributed by atoms with E-state index < -0.39 is 0 Å². The first-order valence-electron chi connectivity index (χ1n) is 10.2. The van der Waals surface area contributed by atoms with Gasteiger partial charge >= 0.3 is 0 Å². The second kappa shape index (κ2) is 9.46. The lowest BCUT2D eigenvalue weighted by atomic mass is 10.2. The number of hydrogen-bond acceptors (Lipinski definition) is 5. The van der Waals surface area contributed by atoms with Crippen LogP contribution >= 0.6 is 11.6 Å². The molecule has 0 spiro atoms. The maximum atomic E-state index is 14.2. The van der Waals surface area contributed by atoms with Crippen molar-refractivity contribution in [2.75, 3.05) is 56.1 Å². The van der Waals surface area contributed by atoms with Gasteiger partial charge in [-0.1, -0.05) is 29.8 Å². The molecule has 1 N–H and O–H groups in total. The standard InChI is InChI=1S/C22H26ClFN4O/c23-18-6-3-7-19(21(18)24)28-14-12-27(13-15-28)11-1-2-16-29-20-9-8-17-5-4-10-25-22(17)26-20/h3-9H,1-2,10-16H2,(H,25,26). The van der Waals surface area contributed by atoms with Crippen molar-refractivity contribution in [3.05, 3.63) is 52.8 Å². The van der Waals surface area contributed by atoms with Gasteiger partial charge in [0.1, 0.15) is 5.82 Å². The van der Waals surface area contributed by atoms with Crippen molar-refractivity contribution < 1.29 is 9.13 Å². The molecule has 1 fully saturated rings. The van der Waals surface area contributed by atoms with Crippen molar-refractivity contribution in [1.29, 1.82) is 0 Å². The monoisotopic (exact) mass is 416 g/mol. The molecule has 2 aromatic rings. The average molecular weight is 417 g/mol. The molecule has 4 rings (SSSR count). The first kappa shape index (κ1) is 20.0. The first-order chi connectivity index (χ1) is 14.2. The maximum absolute atomic E-state index is 14.2.